The number of carbonyl (C=O) groups excluding carboxylic acids is 5. The van der Waals surface area contributed by atoms with Gasteiger partial charge >= 0.3 is 18.0 Å². The monoisotopic (exact) mass is 627 g/mol. The van der Waals surface area contributed by atoms with Gasteiger partial charge in [-0.3, -0.25) is 14.4 Å². The number of ether oxygens (including phenoxy) is 5. The highest BCUT2D eigenvalue weighted by Crippen LogP contribution is 2.31. The second kappa shape index (κ2) is 20.9. The number of nitrogens with one attached hydrogen (secondary N) is 3. The van der Waals surface area contributed by atoms with Crippen LogP contribution in [0.25, 0.3) is 0 Å². The molecule has 1 aliphatic rings. The molecule has 14 nitrogen and oxygen atoms in total. The Morgan fingerprint density at radius 1 is 1.14 bits per heavy atom. The minimum atomic E-state index is -0.952. The fourth-order valence-corrected chi connectivity index (χ4v) is 3.46. The van der Waals surface area contributed by atoms with Crippen molar-refractivity contribution in [1.29, 1.82) is 0 Å². The molecule has 0 aliphatic carbocycles. The van der Waals surface area contributed by atoms with Crippen LogP contribution in [0.5, 0.6) is 5.75 Å². The highest BCUT2D eigenvalue weighted by Gasteiger charge is 2.37. The lowest BCUT2D eigenvalue weighted by Crippen LogP contribution is -2.44. The van der Waals surface area contributed by atoms with Crippen molar-refractivity contribution in [3.8, 4) is 5.75 Å². The highest BCUT2D eigenvalue weighted by molar-refractivity contribution is 5.82. The lowest BCUT2D eigenvalue weighted by molar-refractivity contribution is -0.204. The largest absolute Gasteiger partial charge is 0.467 e. The maximum Gasteiger partial charge on any atom is 0.408 e. The third-order valence-electron chi connectivity index (χ3n) is 4.99. The molecule has 2 rings (SSSR count). The third kappa shape index (κ3) is 17.9. The van der Waals surface area contributed by atoms with Gasteiger partial charge in [-0.25, -0.2) is 9.59 Å². The van der Waals surface area contributed by atoms with Gasteiger partial charge in [-0.05, 0) is 52.3 Å². The minimum absolute atomic E-state index is 0.0624. The van der Waals surface area contributed by atoms with Crippen LogP contribution in [0.15, 0.2) is 18.2 Å². The number of aliphatic hydroxyl groups excluding tert-OH is 1. The van der Waals surface area contributed by atoms with E-state index in [9.17, 15) is 29.1 Å². The Morgan fingerprint density at radius 2 is 1.77 bits per heavy atom. The molecule has 0 radical (unpaired) electrons. The van der Waals surface area contributed by atoms with Gasteiger partial charge in [0.1, 0.15) is 24.0 Å². The van der Waals surface area contributed by atoms with Crippen LogP contribution in [0.4, 0.5) is 10.5 Å². The number of hydrogen-bond acceptors (Lipinski definition) is 11. The van der Waals surface area contributed by atoms with Crippen LogP contribution < -0.4 is 20.7 Å². The van der Waals surface area contributed by atoms with E-state index in [0.717, 1.165) is 0 Å². The summed E-state index contributed by atoms with van der Waals surface area (Å²) in [6.07, 6.45) is -0.953. The van der Waals surface area contributed by atoms with E-state index >= 15 is 0 Å². The predicted molar refractivity (Wildman–Crippen MR) is 162 cm³/mol. The lowest BCUT2D eigenvalue weighted by Gasteiger charge is -2.33. The van der Waals surface area contributed by atoms with Gasteiger partial charge in [0.05, 0.1) is 19.4 Å². The average Bonchev–Trinajstić information content (AvgIpc) is 2.91. The number of methoxy groups -OCH3 is 1. The van der Waals surface area contributed by atoms with Gasteiger partial charge in [0.2, 0.25) is 18.6 Å². The molecule has 4 N–H and O–H groups in total. The first-order chi connectivity index (χ1) is 20.6. The van der Waals surface area contributed by atoms with E-state index in [0.29, 0.717) is 17.7 Å². The summed E-state index contributed by atoms with van der Waals surface area (Å²) in [6, 6.07) is 4.80. The quantitative estimate of drug-likeness (QED) is 0.169. The number of amides is 3. The Hall–Kier alpha value is -3.91. The van der Waals surface area contributed by atoms with Crippen molar-refractivity contribution in [3.05, 3.63) is 23.8 Å². The van der Waals surface area contributed by atoms with Gasteiger partial charge in [0.25, 0.3) is 0 Å². The molecular weight excluding hydrogens is 578 g/mol. The Bertz CT molecular complexity index is 1060. The smallest absolute Gasteiger partial charge is 0.408 e. The highest BCUT2D eigenvalue weighted by atomic mass is 16.7. The average molecular weight is 628 g/mol. The molecular formula is C30H49N3O11. The van der Waals surface area contributed by atoms with Crippen LogP contribution >= 0.6 is 0 Å². The lowest BCUT2D eigenvalue weighted by atomic mass is 10.0. The maximum atomic E-state index is 11.8. The molecule has 0 bridgehead atoms. The number of rotatable bonds is 10. The summed E-state index contributed by atoms with van der Waals surface area (Å²) in [6.45, 7) is 14.2. The van der Waals surface area contributed by atoms with Crippen LogP contribution in [0.2, 0.25) is 0 Å². The Balaban J connectivity index is 0.000000874. The molecule has 0 spiro atoms. The number of alkyl carbamates (subject to hydrolysis) is 1. The van der Waals surface area contributed by atoms with Crippen LogP contribution in [-0.2, 0) is 44.7 Å². The zero-order valence-corrected chi connectivity index (χ0v) is 27.2. The van der Waals surface area contributed by atoms with Gasteiger partial charge < -0.3 is 44.7 Å². The molecule has 0 aromatic heterocycles. The van der Waals surface area contributed by atoms with Gasteiger partial charge in [-0.1, -0.05) is 26.3 Å². The second-order valence-electron chi connectivity index (χ2n) is 10.9. The fourth-order valence-electron chi connectivity index (χ4n) is 3.46. The van der Waals surface area contributed by atoms with Gasteiger partial charge in [-0.2, -0.15) is 0 Å². The van der Waals surface area contributed by atoms with Crippen molar-refractivity contribution in [1.82, 2.24) is 10.6 Å². The molecule has 3 unspecified atom stereocenters. The standard InChI is InChI=1S/C17H21NO8.C10H20N2O3.C3H8/c1-10(21)24-12-6-15(17(22)23-2)26-16(7-12)25-14-5-11(8-19)3-4-13(14)18-9-20;1-7(2)12-8(13)6-11-9(14)15-10(3,4)5;1-3-2/h3-5,9,12,15-16,19H,6-8H2,1-2H3,(H,18,20);7H,6H2,1-5H3,(H,11,14)(H,12,13);3H2,1-2H3. The molecule has 1 aliphatic heterocycles. The summed E-state index contributed by atoms with van der Waals surface area (Å²) in [5.41, 5.74) is 0.386. The maximum absolute atomic E-state index is 11.8. The van der Waals surface area contributed by atoms with E-state index < -0.39 is 42.1 Å². The fraction of sp³-hybridized carbons (Fsp3) is 0.633. The van der Waals surface area contributed by atoms with Crippen LogP contribution in [0.3, 0.4) is 0 Å². The van der Waals surface area contributed by atoms with E-state index in [-0.39, 0.29) is 43.7 Å². The summed E-state index contributed by atoms with van der Waals surface area (Å²) in [5, 5.41) is 16.8. The zero-order chi connectivity index (χ0) is 33.9. The van der Waals surface area contributed by atoms with Gasteiger partial charge in [0.15, 0.2) is 6.10 Å². The Kier molecular flexibility index (Phi) is 19.0. The molecule has 1 fully saturated rings. The number of hydrogen-bond donors (Lipinski definition) is 4. The summed E-state index contributed by atoms with van der Waals surface area (Å²) in [4.78, 5) is 56.1. The predicted octanol–water partition coefficient (Wildman–Crippen LogP) is 3.19. The first-order valence-corrected chi connectivity index (χ1v) is 14.4. The van der Waals surface area contributed by atoms with E-state index in [1.54, 1.807) is 32.9 Å². The van der Waals surface area contributed by atoms with E-state index in [4.69, 9.17) is 18.9 Å². The minimum Gasteiger partial charge on any atom is -0.467 e. The van der Waals surface area contributed by atoms with Crippen molar-refractivity contribution in [2.75, 3.05) is 19.0 Å². The van der Waals surface area contributed by atoms with E-state index in [1.807, 2.05) is 13.8 Å². The SMILES string of the molecule is CC(C)NC(=O)CNC(=O)OC(C)(C)C.CCC.COC(=O)C1CC(OC(C)=O)CC(Oc2cc(CO)ccc2NC=O)O1. The van der Waals surface area contributed by atoms with Crippen molar-refractivity contribution >= 4 is 36.0 Å². The first kappa shape index (κ1) is 40.1. The number of anilines is 1. The molecule has 14 heteroatoms. The topological polar surface area (TPSA) is 188 Å². The van der Waals surface area contributed by atoms with Crippen molar-refractivity contribution in [3.63, 3.8) is 0 Å². The third-order valence-corrected chi connectivity index (χ3v) is 4.99. The summed E-state index contributed by atoms with van der Waals surface area (Å²) in [7, 11) is 1.23. The van der Waals surface area contributed by atoms with E-state index in [2.05, 4.69) is 34.5 Å². The summed E-state index contributed by atoms with van der Waals surface area (Å²) < 4.78 is 26.2. The van der Waals surface area contributed by atoms with Crippen molar-refractivity contribution < 1.29 is 52.8 Å². The Morgan fingerprint density at radius 3 is 2.27 bits per heavy atom. The number of esters is 2. The molecule has 3 atom stereocenters. The molecule has 44 heavy (non-hydrogen) atoms. The summed E-state index contributed by atoms with van der Waals surface area (Å²) in [5.74, 6) is -1.06. The van der Waals surface area contributed by atoms with E-state index in [1.165, 1.54) is 26.5 Å². The number of aliphatic hydroxyl groups is 1. The molecule has 1 heterocycles. The number of benzene rings is 1. The normalized spacial score (nSPS) is 17.3. The van der Waals surface area contributed by atoms with Crippen LogP contribution in [0, 0.1) is 0 Å². The van der Waals surface area contributed by atoms with Crippen molar-refractivity contribution in [2.24, 2.45) is 0 Å². The zero-order valence-electron chi connectivity index (χ0n) is 27.2. The second-order valence-corrected chi connectivity index (χ2v) is 10.9. The molecule has 0 saturated carbocycles. The van der Waals surface area contributed by atoms with Crippen LogP contribution in [0.1, 0.15) is 80.2 Å². The van der Waals surface area contributed by atoms with Crippen molar-refractivity contribution in [2.45, 2.75) is 111 Å². The van der Waals surface area contributed by atoms with Gasteiger partial charge in [0, 0.05) is 25.8 Å². The Labute approximate surface area is 259 Å². The molecule has 250 valence electrons. The summed E-state index contributed by atoms with van der Waals surface area (Å²) >= 11 is 0. The molecule has 1 aromatic rings. The van der Waals surface area contributed by atoms with Crippen LogP contribution in [-0.4, -0.2) is 79.3 Å². The number of carbonyl (C=O) groups is 5. The van der Waals surface area contributed by atoms with Gasteiger partial charge in [-0.15, -0.1) is 0 Å². The molecule has 1 aromatic carbocycles. The first-order valence-electron chi connectivity index (χ1n) is 14.4. The molecule has 1 saturated heterocycles. The molecule has 3 amide bonds.